The molecular weight excluding hydrogens is 458 g/mol. The molecule has 1 amide bonds. The monoisotopic (exact) mass is 489 g/mol. The molecular formula is C23H31N5O3S2. The third-order valence-corrected chi connectivity index (χ3v) is 9.04. The third-order valence-electron chi connectivity index (χ3n) is 6.18. The lowest BCUT2D eigenvalue weighted by Gasteiger charge is -2.21. The zero-order valence-corrected chi connectivity index (χ0v) is 20.4. The Bertz CT molecular complexity index is 1090. The number of allylic oxidation sites excluding steroid dienone is 1. The highest BCUT2D eigenvalue weighted by molar-refractivity contribution is 7.99. The Morgan fingerprint density at radius 1 is 1.15 bits per heavy atom. The van der Waals surface area contributed by atoms with Crippen molar-refractivity contribution >= 4 is 33.4 Å². The highest BCUT2D eigenvalue weighted by atomic mass is 32.2. The van der Waals surface area contributed by atoms with Crippen molar-refractivity contribution in [2.24, 2.45) is 0 Å². The maximum Gasteiger partial charge on any atom is 0.243 e. The molecule has 1 saturated carbocycles. The predicted molar refractivity (Wildman–Crippen MR) is 130 cm³/mol. The van der Waals surface area contributed by atoms with E-state index in [0.717, 1.165) is 31.5 Å². The summed E-state index contributed by atoms with van der Waals surface area (Å²) in [6, 6.07) is 6.45. The van der Waals surface area contributed by atoms with Crippen molar-refractivity contribution in [3.05, 3.63) is 42.7 Å². The van der Waals surface area contributed by atoms with Crippen LogP contribution in [0.25, 0.3) is 0 Å². The SMILES string of the molecule is C=CCn1c(SCC(=O)Nc2cccc(S(=O)(=O)N3CCCC3)c2)nnc1C1CCCCC1. The summed E-state index contributed by atoms with van der Waals surface area (Å²) in [5.41, 5.74) is 0.469. The largest absolute Gasteiger partial charge is 0.325 e. The van der Waals surface area contributed by atoms with Gasteiger partial charge in [0.1, 0.15) is 5.82 Å². The standard InChI is InChI=1S/C23H31N5O3S2/c1-2-13-28-22(18-9-4-3-5-10-18)25-26-23(28)32-17-21(29)24-19-11-8-12-20(16-19)33(30,31)27-14-6-7-15-27/h2,8,11-12,16,18H,1,3-7,9-10,13-15,17H2,(H,24,29). The number of amides is 1. The molecule has 1 aliphatic heterocycles. The smallest absolute Gasteiger partial charge is 0.243 e. The van der Waals surface area contributed by atoms with Crippen molar-refractivity contribution in [1.82, 2.24) is 19.1 Å². The van der Waals surface area contributed by atoms with Crippen molar-refractivity contribution in [3.8, 4) is 0 Å². The second-order valence-electron chi connectivity index (χ2n) is 8.55. The molecule has 10 heteroatoms. The maximum absolute atomic E-state index is 12.8. The van der Waals surface area contributed by atoms with Crippen LogP contribution in [-0.4, -0.2) is 52.2 Å². The quantitative estimate of drug-likeness (QED) is 0.422. The number of aromatic nitrogens is 3. The molecule has 1 saturated heterocycles. The van der Waals surface area contributed by atoms with Crippen LogP contribution in [0.15, 0.2) is 47.0 Å². The summed E-state index contributed by atoms with van der Waals surface area (Å²) in [6.07, 6.45) is 9.53. The van der Waals surface area contributed by atoms with E-state index in [9.17, 15) is 13.2 Å². The Labute approximate surface area is 199 Å². The van der Waals surface area contributed by atoms with Gasteiger partial charge >= 0.3 is 0 Å². The number of carbonyl (C=O) groups excluding carboxylic acids is 1. The lowest BCUT2D eigenvalue weighted by molar-refractivity contribution is -0.113. The number of hydrogen-bond donors (Lipinski definition) is 1. The molecule has 1 aromatic heterocycles. The lowest BCUT2D eigenvalue weighted by atomic mass is 9.89. The molecule has 178 valence electrons. The van der Waals surface area contributed by atoms with Gasteiger partial charge < -0.3 is 9.88 Å². The molecule has 0 spiro atoms. The number of nitrogens with one attached hydrogen (secondary N) is 1. The Kier molecular flexibility index (Phi) is 7.87. The van der Waals surface area contributed by atoms with E-state index < -0.39 is 10.0 Å². The first kappa shape index (κ1) is 24.0. The normalized spacial score (nSPS) is 17.8. The number of nitrogens with zero attached hydrogens (tertiary/aromatic N) is 4. The van der Waals surface area contributed by atoms with Gasteiger partial charge in [-0.25, -0.2) is 8.42 Å². The van der Waals surface area contributed by atoms with Gasteiger partial charge in [0.05, 0.1) is 10.6 Å². The number of hydrogen-bond acceptors (Lipinski definition) is 6. The average molecular weight is 490 g/mol. The number of rotatable bonds is 9. The fourth-order valence-electron chi connectivity index (χ4n) is 4.51. The third kappa shape index (κ3) is 5.67. The van der Waals surface area contributed by atoms with E-state index in [1.807, 2.05) is 6.08 Å². The lowest BCUT2D eigenvalue weighted by Crippen LogP contribution is -2.28. The molecule has 0 bridgehead atoms. The van der Waals surface area contributed by atoms with Crippen LogP contribution in [0.2, 0.25) is 0 Å². The molecule has 1 N–H and O–H groups in total. The summed E-state index contributed by atoms with van der Waals surface area (Å²) in [7, 11) is -3.53. The number of carbonyl (C=O) groups is 1. The van der Waals surface area contributed by atoms with Crippen molar-refractivity contribution < 1.29 is 13.2 Å². The number of thioether (sulfide) groups is 1. The Hall–Kier alpha value is -2.17. The average Bonchev–Trinajstić information content (AvgIpc) is 3.50. The van der Waals surface area contributed by atoms with E-state index in [-0.39, 0.29) is 16.6 Å². The highest BCUT2D eigenvalue weighted by Crippen LogP contribution is 2.33. The molecule has 1 aromatic carbocycles. The predicted octanol–water partition coefficient (Wildman–Crippen LogP) is 4.03. The minimum atomic E-state index is -3.53. The van der Waals surface area contributed by atoms with Crippen LogP contribution in [0.1, 0.15) is 56.7 Å². The first-order valence-electron chi connectivity index (χ1n) is 11.6. The van der Waals surface area contributed by atoms with E-state index in [4.69, 9.17) is 0 Å². The van der Waals surface area contributed by atoms with Gasteiger partial charge in [-0.15, -0.1) is 16.8 Å². The van der Waals surface area contributed by atoms with Crippen LogP contribution < -0.4 is 5.32 Å². The van der Waals surface area contributed by atoms with Crippen LogP contribution >= 0.6 is 11.8 Å². The Morgan fingerprint density at radius 3 is 2.64 bits per heavy atom. The van der Waals surface area contributed by atoms with Crippen molar-refractivity contribution in [1.29, 1.82) is 0 Å². The number of benzene rings is 1. The summed E-state index contributed by atoms with van der Waals surface area (Å²) < 4.78 is 29.2. The van der Waals surface area contributed by atoms with Gasteiger partial charge in [-0.3, -0.25) is 4.79 Å². The molecule has 2 heterocycles. The summed E-state index contributed by atoms with van der Waals surface area (Å²) in [5, 5.41) is 12.3. The minimum absolute atomic E-state index is 0.156. The van der Waals surface area contributed by atoms with E-state index in [1.54, 1.807) is 18.2 Å². The minimum Gasteiger partial charge on any atom is -0.325 e. The van der Waals surface area contributed by atoms with Gasteiger partial charge in [-0.2, -0.15) is 4.31 Å². The Balaban J connectivity index is 1.40. The molecule has 2 aliphatic rings. The van der Waals surface area contributed by atoms with Crippen molar-refractivity contribution in [2.75, 3.05) is 24.2 Å². The van der Waals surface area contributed by atoms with Gasteiger partial charge in [0, 0.05) is 31.2 Å². The fourth-order valence-corrected chi connectivity index (χ4v) is 6.83. The first-order chi connectivity index (χ1) is 16.0. The van der Waals surface area contributed by atoms with E-state index >= 15 is 0 Å². The van der Waals surface area contributed by atoms with E-state index in [2.05, 4.69) is 26.7 Å². The molecule has 4 rings (SSSR count). The molecule has 1 aliphatic carbocycles. The zero-order valence-electron chi connectivity index (χ0n) is 18.8. The summed E-state index contributed by atoms with van der Waals surface area (Å²) >= 11 is 1.33. The molecule has 8 nitrogen and oxygen atoms in total. The molecule has 0 atom stereocenters. The fraction of sp³-hybridized carbons (Fsp3) is 0.522. The van der Waals surface area contributed by atoms with Gasteiger partial charge in [-0.1, -0.05) is 43.2 Å². The van der Waals surface area contributed by atoms with Crippen LogP contribution in [0.3, 0.4) is 0 Å². The summed E-state index contributed by atoms with van der Waals surface area (Å²) in [6.45, 7) is 5.55. The second-order valence-corrected chi connectivity index (χ2v) is 11.4. The molecule has 2 fully saturated rings. The molecule has 2 aromatic rings. The highest BCUT2D eigenvalue weighted by Gasteiger charge is 2.27. The van der Waals surface area contributed by atoms with Gasteiger partial charge in [0.2, 0.25) is 15.9 Å². The summed E-state index contributed by atoms with van der Waals surface area (Å²) in [5.74, 6) is 1.33. The van der Waals surface area contributed by atoms with E-state index in [0.29, 0.717) is 36.4 Å². The van der Waals surface area contributed by atoms with Gasteiger partial charge in [0.25, 0.3) is 0 Å². The Morgan fingerprint density at radius 2 is 1.91 bits per heavy atom. The van der Waals surface area contributed by atoms with Gasteiger partial charge in [-0.05, 0) is 43.9 Å². The maximum atomic E-state index is 12.8. The topological polar surface area (TPSA) is 97.2 Å². The number of anilines is 1. The van der Waals surface area contributed by atoms with Crippen molar-refractivity contribution in [2.45, 2.75) is 67.5 Å². The van der Waals surface area contributed by atoms with Crippen LogP contribution in [0, 0.1) is 0 Å². The zero-order chi connectivity index (χ0) is 23.3. The van der Waals surface area contributed by atoms with E-state index in [1.165, 1.54) is 41.4 Å². The van der Waals surface area contributed by atoms with Crippen LogP contribution in [0.4, 0.5) is 5.69 Å². The van der Waals surface area contributed by atoms with Crippen LogP contribution in [0.5, 0.6) is 0 Å². The van der Waals surface area contributed by atoms with Crippen molar-refractivity contribution in [3.63, 3.8) is 0 Å². The van der Waals surface area contributed by atoms with Gasteiger partial charge in [0.15, 0.2) is 5.16 Å². The molecule has 33 heavy (non-hydrogen) atoms. The second kappa shape index (κ2) is 10.8. The first-order valence-corrected chi connectivity index (χ1v) is 14.0. The molecule has 0 unspecified atom stereocenters. The summed E-state index contributed by atoms with van der Waals surface area (Å²) in [4.78, 5) is 12.8. The molecule has 0 radical (unpaired) electrons. The van der Waals surface area contributed by atoms with Crippen LogP contribution in [-0.2, 0) is 21.4 Å². The number of sulfonamides is 1.